The topological polar surface area (TPSA) is 99.4 Å². The Labute approximate surface area is 190 Å². The molecule has 0 saturated heterocycles. The van der Waals surface area contributed by atoms with E-state index in [9.17, 15) is 14.7 Å². The normalized spacial score (nSPS) is 12.2. The van der Waals surface area contributed by atoms with Crippen molar-refractivity contribution in [3.8, 4) is 6.07 Å². The maximum Gasteiger partial charge on any atom is 0.305 e. The molecule has 31 heavy (non-hydrogen) atoms. The lowest BCUT2D eigenvalue weighted by Gasteiger charge is -2.28. The zero-order valence-corrected chi connectivity index (χ0v) is 20.2. The van der Waals surface area contributed by atoms with Crippen LogP contribution in [0.25, 0.3) is 0 Å². The van der Waals surface area contributed by atoms with Crippen molar-refractivity contribution in [2.24, 2.45) is 5.41 Å². The molecule has 1 atom stereocenters. The summed E-state index contributed by atoms with van der Waals surface area (Å²) in [6.45, 7) is 5.79. The maximum atomic E-state index is 12.0. The number of aliphatic hydroxyl groups excluding tert-OH is 1. The molecule has 0 rings (SSSR count). The molecule has 0 unspecified atom stereocenters. The van der Waals surface area contributed by atoms with Crippen LogP contribution < -0.4 is 5.32 Å². The highest BCUT2D eigenvalue weighted by Gasteiger charge is 2.34. The van der Waals surface area contributed by atoms with Gasteiger partial charge in [-0.2, -0.15) is 5.26 Å². The Morgan fingerprint density at radius 2 is 1.42 bits per heavy atom. The molecule has 2 N–H and O–H groups in total. The number of ether oxygens (including phenoxy) is 1. The summed E-state index contributed by atoms with van der Waals surface area (Å²) in [5, 5.41) is 21.2. The van der Waals surface area contributed by atoms with Crippen molar-refractivity contribution in [2.45, 2.75) is 123 Å². The number of aliphatic hydroxyl groups is 1. The number of amides is 1. The van der Waals surface area contributed by atoms with E-state index in [2.05, 4.69) is 12.2 Å². The van der Waals surface area contributed by atoms with Crippen LogP contribution in [0.5, 0.6) is 0 Å². The van der Waals surface area contributed by atoms with Crippen molar-refractivity contribution in [3.05, 3.63) is 0 Å². The van der Waals surface area contributed by atoms with E-state index >= 15 is 0 Å². The molecule has 0 aliphatic carbocycles. The number of nitrogens with zero attached hydrogens (tertiary/aromatic N) is 1. The van der Waals surface area contributed by atoms with E-state index in [4.69, 9.17) is 10.00 Å². The van der Waals surface area contributed by atoms with Crippen LogP contribution in [0.15, 0.2) is 0 Å². The molecule has 1 amide bonds. The third-order valence-electron chi connectivity index (χ3n) is 5.61. The summed E-state index contributed by atoms with van der Waals surface area (Å²) >= 11 is 0. The minimum Gasteiger partial charge on any atom is -0.465 e. The van der Waals surface area contributed by atoms with Crippen LogP contribution in [0, 0.1) is 16.7 Å². The summed E-state index contributed by atoms with van der Waals surface area (Å²) in [6.07, 6.45) is 15.6. The molecular formula is C25H46N2O4. The van der Waals surface area contributed by atoms with Gasteiger partial charge in [-0.05, 0) is 6.42 Å². The van der Waals surface area contributed by atoms with Crippen LogP contribution in [0.3, 0.4) is 0 Å². The number of hydrogen-bond donors (Lipinski definition) is 2. The fourth-order valence-electron chi connectivity index (χ4n) is 3.40. The van der Waals surface area contributed by atoms with Crippen molar-refractivity contribution in [2.75, 3.05) is 13.2 Å². The van der Waals surface area contributed by atoms with Gasteiger partial charge in [0.2, 0.25) is 5.91 Å². The van der Waals surface area contributed by atoms with Gasteiger partial charge in [0.05, 0.1) is 19.1 Å². The van der Waals surface area contributed by atoms with E-state index in [1.54, 1.807) is 13.8 Å². The largest absolute Gasteiger partial charge is 0.465 e. The molecule has 0 aliphatic rings. The Morgan fingerprint density at radius 3 is 1.90 bits per heavy atom. The van der Waals surface area contributed by atoms with Crippen molar-refractivity contribution in [3.63, 3.8) is 0 Å². The molecule has 0 heterocycles. The molecule has 0 saturated carbocycles. The molecular weight excluding hydrogens is 392 g/mol. The van der Waals surface area contributed by atoms with Crippen molar-refractivity contribution >= 4 is 11.9 Å². The van der Waals surface area contributed by atoms with Gasteiger partial charge in [-0.25, -0.2) is 0 Å². The summed E-state index contributed by atoms with van der Waals surface area (Å²) in [7, 11) is 0. The smallest absolute Gasteiger partial charge is 0.305 e. The maximum absolute atomic E-state index is 12.0. The first kappa shape index (κ1) is 29.4. The number of hydrogen-bond acceptors (Lipinski definition) is 5. The summed E-state index contributed by atoms with van der Waals surface area (Å²) in [4.78, 5) is 23.9. The van der Waals surface area contributed by atoms with Gasteiger partial charge in [-0.3, -0.25) is 9.59 Å². The Bertz CT molecular complexity index is 514. The fraction of sp³-hybridized carbons (Fsp3) is 0.880. The van der Waals surface area contributed by atoms with Gasteiger partial charge in [0.15, 0.2) is 0 Å². The average molecular weight is 439 g/mol. The molecule has 0 aromatic heterocycles. The van der Waals surface area contributed by atoms with E-state index in [-0.39, 0.29) is 25.5 Å². The Balaban J connectivity index is 3.68. The molecule has 0 aromatic rings. The molecule has 0 aromatic carbocycles. The number of nitriles is 1. The number of unbranched alkanes of at least 4 members (excludes halogenated alkanes) is 12. The van der Waals surface area contributed by atoms with Gasteiger partial charge in [0.1, 0.15) is 6.10 Å². The van der Waals surface area contributed by atoms with E-state index in [1.165, 1.54) is 64.2 Å². The highest BCUT2D eigenvalue weighted by Crippen LogP contribution is 2.22. The quantitative estimate of drug-likeness (QED) is 0.195. The van der Waals surface area contributed by atoms with Crippen LogP contribution in [-0.2, 0) is 14.3 Å². The number of esters is 1. The molecule has 0 spiro atoms. The Kier molecular flexibility index (Phi) is 18.1. The van der Waals surface area contributed by atoms with Crippen LogP contribution in [0.4, 0.5) is 0 Å². The summed E-state index contributed by atoms with van der Waals surface area (Å²) in [5.74, 6) is -0.832. The molecule has 0 radical (unpaired) electrons. The van der Waals surface area contributed by atoms with Gasteiger partial charge in [0, 0.05) is 18.4 Å². The second-order valence-electron chi connectivity index (χ2n) is 9.24. The zero-order valence-electron chi connectivity index (χ0n) is 20.2. The van der Waals surface area contributed by atoms with Crippen molar-refractivity contribution in [1.29, 1.82) is 5.26 Å². The van der Waals surface area contributed by atoms with Crippen molar-refractivity contribution < 1.29 is 19.4 Å². The van der Waals surface area contributed by atoms with E-state index in [0.717, 1.165) is 19.3 Å². The first-order valence-corrected chi connectivity index (χ1v) is 12.3. The fourth-order valence-corrected chi connectivity index (χ4v) is 3.40. The standard InChI is InChI=1S/C25H46N2O4/c1-4-5-6-7-8-9-10-11-12-13-14-15-16-18-22(28)31-21-25(2,3)23(29)24(30)27-20-17-19-26/h23,29H,4-18,20-21H2,1-3H3,(H,27,30)/t23-/m1/s1. The van der Waals surface area contributed by atoms with Crippen LogP contribution in [-0.4, -0.2) is 36.2 Å². The zero-order chi connectivity index (χ0) is 23.4. The lowest BCUT2D eigenvalue weighted by Crippen LogP contribution is -2.46. The SMILES string of the molecule is CCCCCCCCCCCCCCCC(=O)OCC(C)(C)[C@H](O)C(=O)NCCC#N. The molecule has 180 valence electrons. The van der Waals surface area contributed by atoms with E-state index in [1.807, 2.05) is 6.07 Å². The van der Waals surface area contributed by atoms with Gasteiger partial charge < -0.3 is 15.2 Å². The first-order chi connectivity index (χ1) is 14.8. The number of rotatable bonds is 20. The minimum absolute atomic E-state index is 0.0168. The number of carbonyl (C=O) groups excluding carboxylic acids is 2. The van der Waals surface area contributed by atoms with Gasteiger partial charge in [-0.15, -0.1) is 0 Å². The molecule has 6 heteroatoms. The van der Waals surface area contributed by atoms with Gasteiger partial charge >= 0.3 is 5.97 Å². The third-order valence-corrected chi connectivity index (χ3v) is 5.61. The number of nitrogens with one attached hydrogen (secondary N) is 1. The average Bonchev–Trinajstić information content (AvgIpc) is 2.75. The number of carbonyl (C=O) groups is 2. The van der Waals surface area contributed by atoms with E-state index < -0.39 is 17.4 Å². The van der Waals surface area contributed by atoms with Gasteiger partial charge in [0.25, 0.3) is 0 Å². The summed E-state index contributed by atoms with van der Waals surface area (Å²) < 4.78 is 5.28. The predicted molar refractivity (Wildman–Crippen MR) is 124 cm³/mol. The second-order valence-corrected chi connectivity index (χ2v) is 9.24. The minimum atomic E-state index is -1.30. The van der Waals surface area contributed by atoms with Crippen LogP contribution in [0.2, 0.25) is 0 Å². The summed E-state index contributed by atoms with van der Waals surface area (Å²) in [6, 6.07) is 1.93. The predicted octanol–water partition coefficient (Wildman–Crippen LogP) is 5.43. The van der Waals surface area contributed by atoms with Crippen LogP contribution >= 0.6 is 0 Å². The molecule has 0 aliphatic heterocycles. The Morgan fingerprint density at radius 1 is 0.935 bits per heavy atom. The Hall–Kier alpha value is -1.61. The second kappa shape index (κ2) is 19.1. The van der Waals surface area contributed by atoms with Gasteiger partial charge in [-0.1, -0.05) is 97.8 Å². The first-order valence-electron chi connectivity index (χ1n) is 12.3. The van der Waals surface area contributed by atoms with Crippen molar-refractivity contribution in [1.82, 2.24) is 5.32 Å². The lowest BCUT2D eigenvalue weighted by atomic mass is 9.87. The molecule has 0 bridgehead atoms. The highest BCUT2D eigenvalue weighted by atomic mass is 16.5. The summed E-state index contributed by atoms with van der Waals surface area (Å²) in [5.41, 5.74) is -0.887. The lowest BCUT2D eigenvalue weighted by molar-refractivity contribution is -0.153. The third kappa shape index (κ3) is 16.7. The van der Waals surface area contributed by atoms with E-state index in [0.29, 0.717) is 6.42 Å². The highest BCUT2D eigenvalue weighted by molar-refractivity contribution is 5.81. The molecule has 6 nitrogen and oxygen atoms in total. The van der Waals surface area contributed by atoms with Crippen LogP contribution in [0.1, 0.15) is 117 Å². The monoisotopic (exact) mass is 438 g/mol. The molecule has 0 fully saturated rings.